The van der Waals surface area contributed by atoms with Crippen LogP contribution in [0.25, 0.3) is 0 Å². The molecule has 0 aromatic heterocycles. The van der Waals surface area contributed by atoms with Gasteiger partial charge < -0.3 is 0 Å². The minimum absolute atomic E-state index is 0. The third-order valence-electron chi connectivity index (χ3n) is 0.995. The third kappa shape index (κ3) is 7.29. The summed E-state index contributed by atoms with van der Waals surface area (Å²) < 4.78 is 0. The van der Waals surface area contributed by atoms with Gasteiger partial charge in [0.25, 0.3) is 0 Å². The fourth-order valence-electron chi connectivity index (χ4n) is 0.608. The Morgan fingerprint density at radius 2 is 2.33 bits per heavy atom. The average molecular weight is 213 g/mol. The van der Waals surface area contributed by atoms with Crippen LogP contribution >= 0.6 is 0 Å². The number of aliphatic imine (C=N–C) groups is 1. The first-order chi connectivity index (χ1) is 5.35. The molecule has 1 aliphatic heterocycles. The van der Waals surface area contributed by atoms with Gasteiger partial charge in [0, 0.05) is 17.1 Å². The van der Waals surface area contributed by atoms with Gasteiger partial charge in [-0.15, -0.1) is 0 Å². The van der Waals surface area contributed by atoms with Crippen LogP contribution in [0.1, 0.15) is 0 Å². The first kappa shape index (κ1) is 13.8. The molecular formula is C7H12BCuN3. The molecule has 0 aromatic carbocycles. The minimum Gasteiger partial charge on any atom is -0.262 e. The zero-order valence-electron chi connectivity index (χ0n) is 5.92. The number of quaternary nitrogens is 1. The van der Waals surface area contributed by atoms with E-state index in [9.17, 15) is 0 Å². The Balaban J connectivity index is 0. The number of rotatable bonds is 2. The van der Waals surface area contributed by atoms with Crippen LogP contribution in [0.4, 0.5) is 0 Å². The van der Waals surface area contributed by atoms with Gasteiger partial charge in [0.2, 0.25) is 0 Å². The molecule has 0 saturated carbocycles. The number of nitrogens with one attached hydrogen (secondary N) is 1. The Morgan fingerprint density at radius 1 is 1.75 bits per heavy atom. The summed E-state index contributed by atoms with van der Waals surface area (Å²) in [7, 11) is 0.0694. The monoisotopic (exact) mass is 212 g/mol. The molecule has 1 unspecified atom stereocenters. The van der Waals surface area contributed by atoms with Crippen LogP contribution in [0.3, 0.4) is 0 Å². The Kier molecular flexibility index (Phi) is 11.7. The molecular weight excluding hydrogens is 200 g/mol. The first-order valence-electron chi connectivity index (χ1n) is 2.82. The predicted molar refractivity (Wildman–Crippen MR) is 49.2 cm³/mol. The molecule has 5 heteroatoms. The molecule has 1 N–H and O–H groups in total. The van der Waals surface area contributed by atoms with Crippen molar-refractivity contribution in [3.05, 3.63) is 25.1 Å². The van der Waals surface area contributed by atoms with Crippen LogP contribution in [0, 0.1) is 11.2 Å². The summed E-state index contributed by atoms with van der Waals surface area (Å²) in [5, 5.41) is 7.43. The molecule has 0 aliphatic carbocycles. The molecule has 1 atom stereocenters. The largest absolute Gasteiger partial charge is 0.262 e. The van der Waals surface area contributed by atoms with Gasteiger partial charge in [0.05, 0.1) is 14.0 Å². The Hall–Kier alpha value is -0.816. The molecule has 3 nitrogen and oxygen atoms in total. The van der Waals surface area contributed by atoms with E-state index in [4.69, 9.17) is 5.26 Å². The van der Waals surface area contributed by atoms with Crippen molar-refractivity contribution in [2.75, 3.05) is 6.54 Å². The van der Waals surface area contributed by atoms with Crippen molar-refractivity contribution in [1.29, 1.82) is 5.26 Å². The maximum absolute atomic E-state index is 7.43. The molecule has 1 aliphatic rings. The van der Waals surface area contributed by atoms with E-state index in [0.29, 0.717) is 0 Å². The van der Waals surface area contributed by atoms with Crippen molar-refractivity contribution in [3.63, 3.8) is 0 Å². The van der Waals surface area contributed by atoms with E-state index in [0.717, 1.165) is 6.54 Å². The molecule has 1 heterocycles. The number of hydrogen-bond donors (Lipinski definition) is 1. The summed E-state index contributed by atoms with van der Waals surface area (Å²) >= 11 is 0. The normalized spacial score (nSPS) is 16.8. The van der Waals surface area contributed by atoms with E-state index in [1.54, 1.807) is 6.20 Å². The molecule has 12 heavy (non-hydrogen) atoms. The summed E-state index contributed by atoms with van der Waals surface area (Å²) in [5.41, 5.74) is 0. The fraction of sp³-hybridized carbons (Fsp3) is 0.143. The van der Waals surface area contributed by atoms with Crippen LogP contribution in [0.15, 0.2) is 30.0 Å². The van der Waals surface area contributed by atoms with Crippen LogP contribution in [-0.4, -0.2) is 20.7 Å². The standard InChI is InChI=1S/C6H8N2.CH3BN.Cu/c1-2-4-8-5-3-7-6-8;2-1-3;/h2-3,5-6H,1,4H2;2H3;/q;-1;/p+1. The zero-order valence-corrected chi connectivity index (χ0v) is 6.86. The van der Waals surface area contributed by atoms with Crippen LogP contribution in [-0.2, 0) is 17.1 Å². The summed E-state index contributed by atoms with van der Waals surface area (Å²) in [6.45, 7) is 4.54. The smallest absolute Gasteiger partial charge is 0.193 e. The zero-order chi connectivity index (χ0) is 8.53. The topological polar surface area (TPSA) is 40.6 Å². The number of nitrogens with zero attached hydrogens (tertiary/aromatic N) is 2. The second-order valence-corrected chi connectivity index (χ2v) is 1.66. The van der Waals surface area contributed by atoms with Crippen molar-refractivity contribution in [3.8, 4) is 5.97 Å². The van der Waals surface area contributed by atoms with Crippen molar-refractivity contribution < 1.29 is 22.0 Å². The minimum atomic E-state index is 0. The molecule has 0 saturated heterocycles. The van der Waals surface area contributed by atoms with Gasteiger partial charge in [0.15, 0.2) is 6.34 Å². The van der Waals surface area contributed by atoms with E-state index in [1.807, 2.05) is 24.6 Å². The Labute approximate surface area is 84.3 Å². The van der Waals surface area contributed by atoms with Crippen molar-refractivity contribution >= 4 is 14.2 Å². The van der Waals surface area contributed by atoms with E-state index >= 15 is 0 Å². The van der Waals surface area contributed by atoms with Gasteiger partial charge in [-0.3, -0.25) is 10.2 Å². The van der Waals surface area contributed by atoms with Crippen LogP contribution in [0.2, 0.25) is 0 Å². The van der Waals surface area contributed by atoms with Gasteiger partial charge in [0.1, 0.15) is 12.7 Å². The van der Waals surface area contributed by atoms with E-state index in [1.165, 1.54) is 4.90 Å². The maximum atomic E-state index is 7.43. The van der Waals surface area contributed by atoms with Crippen LogP contribution in [0.5, 0.6) is 0 Å². The maximum Gasteiger partial charge on any atom is 0.193 e. The first-order valence-corrected chi connectivity index (χ1v) is 2.82. The van der Waals surface area contributed by atoms with Gasteiger partial charge in [-0.2, -0.15) is 5.97 Å². The second kappa shape index (κ2) is 10.2. The molecule has 1 radical (unpaired) electrons. The molecule has 0 spiro atoms. The number of nitriles is 1. The average Bonchev–Trinajstić information content (AvgIpc) is 2.42. The van der Waals surface area contributed by atoms with Gasteiger partial charge in [-0.1, -0.05) is 6.58 Å². The summed E-state index contributed by atoms with van der Waals surface area (Å²) in [6, 6.07) is 0. The molecule has 0 aromatic rings. The van der Waals surface area contributed by atoms with Crippen molar-refractivity contribution in [2.24, 2.45) is 4.99 Å². The third-order valence-corrected chi connectivity index (χ3v) is 0.995. The van der Waals surface area contributed by atoms with E-state index in [-0.39, 0.29) is 24.9 Å². The number of hydrogen-bond acceptors (Lipinski definition) is 2. The second-order valence-electron chi connectivity index (χ2n) is 1.66. The quantitative estimate of drug-likeness (QED) is 0.435. The van der Waals surface area contributed by atoms with Gasteiger partial charge in [-0.05, 0) is 6.08 Å². The van der Waals surface area contributed by atoms with Gasteiger partial charge >= 0.3 is 0 Å². The van der Waals surface area contributed by atoms with Crippen molar-refractivity contribution in [2.45, 2.75) is 0 Å². The Bertz CT molecular complexity index is 195. The van der Waals surface area contributed by atoms with E-state index in [2.05, 4.69) is 11.6 Å². The van der Waals surface area contributed by atoms with Crippen LogP contribution < -0.4 is 4.90 Å². The molecule has 69 valence electrons. The molecule has 0 fully saturated rings. The summed E-state index contributed by atoms with van der Waals surface area (Å²) in [5.74, 6) is 2.00. The summed E-state index contributed by atoms with van der Waals surface area (Å²) in [6.07, 6.45) is 7.50. The van der Waals surface area contributed by atoms with Gasteiger partial charge in [-0.25, -0.2) is 4.99 Å². The van der Waals surface area contributed by atoms with Crippen molar-refractivity contribution in [1.82, 2.24) is 0 Å². The molecule has 0 amide bonds. The predicted octanol–water partition coefficient (Wildman–Crippen LogP) is -1.60. The molecule has 1 rings (SSSR count). The SMILES string of the molecule is C=CC[NH+]1C=CN=C1.[BH3-]C#N.[Cu]. The van der Waals surface area contributed by atoms with E-state index < -0.39 is 0 Å². The molecule has 0 bridgehead atoms. The Morgan fingerprint density at radius 3 is 2.67 bits per heavy atom. The summed E-state index contributed by atoms with van der Waals surface area (Å²) in [4.78, 5) is 5.13. The fourth-order valence-corrected chi connectivity index (χ4v) is 0.608.